The van der Waals surface area contributed by atoms with Crippen LogP contribution in [0.1, 0.15) is 0 Å². The Balaban J connectivity index is 1.42. The summed E-state index contributed by atoms with van der Waals surface area (Å²) in [5, 5.41) is 4.81. The lowest BCUT2D eigenvalue weighted by Gasteiger charge is -2.12. The number of aromatic nitrogens is 3. The number of fused-ring (bicyclic) bond motifs is 4. The van der Waals surface area contributed by atoms with E-state index in [0.717, 1.165) is 22.1 Å². The van der Waals surface area contributed by atoms with Crippen molar-refractivity contribution < 1.29 is 4.79 Å². The third-order valence-electron chi connectivity index (χ3n) is 4.96. The van der Waals surface area contributed by atoms with Gasteiger partial charge in [0.05, 0.1) is 16.6 Å². The minimum atomic E-state index is -0.275. The van der Waals surface area contributed by atoms with E-state index >= 15 is 0 Å². The van der Waals surface area contributed by atoms with E-state index in [4.69, 9.17) is 33.8 Å². The topological polar surface area (TPSA) is 83.9 Å². The molecule has 2 aromatic heterocycles. The van der Waals surface area contributed by atoms with Crippen molar-refractivity contribution in [3.05, 3.63) is 77.8 Å². The maximum Gasteiger partial charge on any atom is 0.258 e. The SMILES string of the molecule is O=C(Cn1c2ccccc2c2nc3cc(Cl)ccc3nc21)NNC(=S)Nc1ccccc1. The van der Waals surface area contributed by atoms with Crippen LogP contribution in [0.5, 0.6) is 0 Å². The lowest BCUT2D eigenvalue weighted by molar-refractivity contribution is -0.122. The Labute approximate surface area is 193 Å². The predicted molar refractivity (Wildman–Crippen MR) is 131 cm³/mol. The smallest absolute Gasteiger partial charge is 0.258 e. The number of rotatable bonds is 3. The minimum Gasteiger partial charge on any atom is -0.331 e. The molecule has 0 saturated heterocycles. The highest BCUT2D eigenvalue weighted by Crippen LogP contribution is 2.28. The first-order valence-electron chi connectivity index (χ1n) is 9.83. The van der Waals surface area contributed by atoms with Gasteiger partial charge in [-0.25, -0.2) is 9.97 Å². The van der Waals surface area contributed by atoms with Crippen LogP contribution in [0.25, 0.3) is 33.1 Å². The number of carbonyl (C=O) groups excluding carboxylic acids is 1. The normalized spacial score (nSPS) is 11.0. The number of benzene rings is 3. The Bertz CT molecular complexity index is 1480. The summed E-state index contributed by atoms with van der Waals surface area (Å²) >= 11 is 11.4. The van der Waals surface area contributed by atoms with E-state index in [1.54, 1.807) is 12.1 Å². The molecule has 1 amide bonds. The molecule has 0 saturated carbocycles. The van der Waals surface area contributed by atoms with Crippen LogP contribution in [0.2, 0.25) is 5.02 Å². The first kappa shape index (κ1) is 20.2. The minimum absolute atomic E-state index is 0.0404. The molecule has 7 nitrogen and oxygen atoms in total. The summed E-state index contributed by atoms with van der Waals surface area (Å²) in [5.74, 6) is -0.275. The Morgan fingerprint density at radius 1 is 0.938 bits per heavy atom. The number of thiocarbonyl (C=S) groups is 1. The van der Waals surface area contributed by atoms with Crippen molar-refractivity contribution in [2.24, 2.45) is 0 Å². The lowest BCUT2D eigenvalue weighted by Crippen LogP contribution is -2.45. The van der Waals surface area contributed by atoms with Gasteiger partial charge in [-0.15, -0.1) is 0 Å². The van der Waals surface area contributed by atoms with Crippen LogP contribution in [-0.2, 0) is 11.3 Å². The van der Waals surface area contributed by atoms with Gasteiger partial charge in [0, 0.05) is 16.1 Å². The van der Waals surface area contributed by atoms with Crippen LogP contribution in [0, 0.1) is 0 Å². The van der Waals surface area contributed by atoms with Gasteiger partial charge in [0.25, 0.3) is 5.91 Å². The zero-order valence-electron chi connectivity index (χ0n) is 16.7. The van der Waals surface area contributed by atoms with Gasteiger partial charge >= 0.3 is 0 Å². The Morgan fingerprint density at radius 3 is 2.56 bits per heavy atom. The summed E-state index contributed by atoms with van der Waals surface area (Å²) < 4.78 is 1.84. The van der Waals surface area contributed by atoms with E-state index in [1.165, 1.54) is 0 Å². The van der Waals surface area contributed by atoms with Gasteiger partial charge in [0.1, 0.15) is 12.1 Å². The molecular formula is C23H17ClN6OS. The van der Waals surface area contributed by atoms with Crippen molar-refractivity contribution in [3.63, 3.8) is 0 Å². The fraction of sp³-hybridized carbons (Fsp3) is 0.0435. The van der Waals surface area contributed by atoms with Crippen molar-refractivity contribution in [1.82, 2.24) is 25.4 Å². The van der Waals surface area contributed by atoms with Gasteiger partial charge in [0.15, 0.2) is 10.8 Å². The average molecular weight is 461 g/mol. The van der Waals surface area contributed by atoms with Crippen molar-refractivity contribution in [3.8, 4) is 0 Å². The van der Waals surface area contributed by atoms with Crippen molar-refractivity contribution >= 4 is 73.6 Å². The van der Waals surface area contributed by atoms with Gasteiger partial charge in [0.2, 0.25) is 0 Å². The molecule has 0 unspecified atom stereocenters. The molecule has 0 spiro atoms. The standard InChI is InChI=1S/C23H17ClN6OS/c24-14-10-11-17-18(12-14)26-21-16-8-4-5-9-19(16)30(22(21)27-17)13-20(31)28-29-23(32)25-15-6-2-1-3-7-15/h1-12H,13H2,(H,28,31)(H2,25,29,32). The van der Waals surface area contributed by atoms with Crippen LogP contribution in [0.3, 0.4) is 0 Å². The maximum absolute atomic E-state index is 12.7. The molecule has 0 aliphatic heterocycles. The number of carbonyl (C=O) groups is 1. The number of nitrogens with one attached hydrogen (secondary N) is 3. The number of hydrazine groups is 1. The second kappa shape index (κ2) is 8.41. The van der Waals surface area contributed by atoms with Gasteiger partial charge in [-0.2, -0.15) is 0 Å². The zero-order chi connectivity index (χ0) is 22.1. The summed E-state index contributed by atoms with van der Waals surface area (Å²) in [7, 11) is 0. The third-order valence-corrected chi connectivity index (χ3v) is 5.40. The van der Waals surface area contributed by atoms with Crippen LogP contribution in [0.15, 0.2) is 72.8 Å². The van der Waals surface area contributed by atoms with Crippen LogP contribution in [-0.4, -0.2) is 25.6 Å². The Hall–Kier alpha value is -3.75. The fourth-order valence-corrected chi connectivity index (χ4v) is 3.90. The van der Waals surface area contributed by atoms with E-state index < -0.39 is 0 Å². The first-order chi connectivity index (χ1) is 15.6. The molecule has 5 rings (SSSR count). The molecule has 0 bridgehead atoms. The monoisotopic (exact) mass is 460 g/mol. The number of halogens is 1. The predicted octanol–water partition coefficient (Wildman–Crippen LogP) is 4.41. The molecule has 5 aromatic rings. The van der Waals surface area contributed by atoms with Crippen LogP contribution in [0.4, 0.5) is 5.69 Å². The van der Waals surface area contributed by atoms with E-state index in [9.17, 15) is 4.79 Å². The molecule has 0 fully saturated rings. The highest BCUT2D eigenvalue weighted by atomic mass is 35.5. The number of anilines is 1. The average Bonchev–Trinajstić information content (AvgIpc) is 3.09. The van der Waals surface area contributed by atoms with Gasteiger partial charge in [-0.3, -0.25) is 15.6 Å². The lowest BCUT2D eigenvalue weighted by atomic mass is 10.2. The summed E-state index contributed by atoms with van der Waals surface area (Å²) in [6, 6.07) is 22.6. The number of hydrogen-bond donors (Lipinski definition) is 3. The van der Waals surface area contributed by atoms with Crippen molar-refractivity contribution in [2.75, 3.05) is 5.32 Å². The van der Waals surface area contributed by atoms with E-state index in [2.05, 4.69) is 16.2 Å². The molecular weight excluding hydrogens is 444 g/mol. The van der Waals surface area contributed by atoms with E-state index in [-0.39, 0.29) is 17.6 Å². The van der Waals surface area contributed by atoms with Gasteiger partial charge in [-0.05, 0) is 48.6 Å². The zero-order valence-corrected chi connectivity index (χ0v) is 18.2. The van der Waals surface area contributed by atoms with E-state index in [0.29, 0.717) is 21.7 Å². The highest BCUT2D eigenvalue weighted by molar-refractivity contribution is 7.80. The highest BCUT2D eigenvalue weighted by Gasteiger charge is 2.16. The quantitative estimate of drug-likeness (QED) is 0.273. The second-order valence-electron chi connectivity index (χ2n) is 7.13. The summed E-state index contributed by atoms with van der Waals surface area (Å²) in [4.78, 5) is 22.2. The molecule has 32 heavy (non-hydrogen) atoms. The van der Waals surface area contributed by atoms with Gasteiger partial charge in [-0.1, -0.05) is 48.0 Å². The van der Waals surface area contributed by atoms with Crippen LogP contribution >= 0.6 is 23.8 Å². The second-order valence-corrected chi connectivity index (χ2v) is 7.97. The number of para-hydroxylation sites is 2. The van der Waals surface area contributed by atoms with Crippen LogP contribution < -0.4 is 16.2 Å². The Kier molecular flexibility index (Phi) is 5.30. The molecule has 3 N–H and O–H groups in total. The third kappa shape index (κ3) is 3.93. The largest absolute Gasteiger partial charge is 0.331 e. The molecule has 0 aliphatic rings. The van der Waals surface area contributed by atoms with Crippen molar-refractivity contribution in [1.29, 1.82) is 0 Å². The molecule has 0 aliphatic carbocycles. The maximum atomic E-state index is 12.7. The number of nitrogens with zero attached hydrogens (tertiary/aromatic N) is 3. The van der Waals surface area contributed by atoms with Crippen molar-refractivity contribution in [2.45, 2.75) is 6.54 Å². The Morgan fingerprint density at radius 2 is 1.72 bits per heavy atom. The summed E-state index contributed by atoms with van der Waals surface area (Å²) in [5.41, 5.74) is 9.81. The number of hydrogen-bond acceptors (Lipinski definition) is 4. The molecule has 0 atom stereocenters. The fourth-order valence-electron chi connectivity index (χ4n) is 3.56. The summed E-state index contributed by atoms with van der Waals surface area (Å²) in [6.45, 7) is 0.0404. The van der Waals surface area contributed by atoms with E-state index in [1.807, 2.05) is 65.2 Å². The molecule has 3 aromatic carbocycles. The molecule has 0 radical (unpaired) electrons. The summed E-state index contributed by atoms with van der Waals surface area (Å²) in [6.07, 6.45) is 0. The molecule has 2 heterocycles. The first-order valence-corrected chi connectivity index (χ1v) is 10.6. The number of amides is 1. The molecule has 158 valence electrons. The van der Waals surface area contributed by atoms with Gasteiger partial charge < -0.3 is 9.88 Å². The molecule has 9 heteroatoms.